The normalized spacial score (nSPS) is 16.8. The van der Waals surface area contributed by atoms with Crippen LogP contribution in [0.15, 0.2) is 46.9 Å². The van der Waals surface area contributed by atoms with Gasteiger partial charge in [0.05, 0.1) is 5.75 Å². The number of amides is 2. The van der Waals surface area contributed by atoms with Crippen LogP contribution in [0.2, 0.25) is 0 Å². The number of carbonyl (C=O) groups is 2. The van der Waals surface area contributed by atoms with Gasteiger partial charge in [0.15, 0.2) is 6.61 Å². The Kier molecular flexibility index (Phi) is 8.67. The number of nitrogens with one attached hydrogen (secondary N) is 1. The molecule has 34 heavy (non-hydrogen) atoms. The first-order valence-electron chi connectivity index (χ1n) is 10.7. The Morgan fingerprint density at radius 3 is 2.53 bits per heavy atom. The fraction of sp³-hybridized carbons (Fsp3) is 0.391. The zero-order valence-corrected chi connectivity index (χ0v) is 21.4. The number of halogens is 2. The third-order valence-electron chi connectivity index (χ3n) is 5.37. The molecule has 1 aliphatic rings. The summed E-state index contributed by atoms with van der Waals surface area (Å²) in [6.45, 7) is 5.38. The zero-order chi connectivity index (χ0) is 24.9. The summed E-state index contributed by atoms with van der Waals surface area (Å²) in [5.41, 5.74) is 1.33. The maximum absolute atomic E-state index is 13.1. The second kappa shape index (κ2) is 11.3. The van der Waals surface area contributed by atoms with Crippen LogP contribution in [-0.4, -0.2) is 62.3 Å². The highest BCUT2D eigenvalue weighted by Gasteiger charge is 2.28. The number of rotatable bonds is 8. The molecule has 1 N–H and O–H groups in total. The van der Waals surface area contributed by atoms with Gasteiger partial charge in [-0.05, 0) is 42.8 Å². The number of ether oxygens (including phenoxy) is 1. The predicted octanol–water partition coefficient (Wildman–Crippen LogP) is 2.67. The predicted molar refractivity (Wildman–Crippen MR) is 129 cm³/mol. The first kappa shape index (κ1) is 26.1. The summed E-state index contributed by atoms with van der Waals surface area (Å²) in [6, 6.07) is 11.2. The molecule has 3 rings (SSSR count). The van der Waals surface area contributed by atoms with Crippen molar-refractivity contribution in [3.8, 4) is 5.75 Å². The van der Waals surface area contributed by atoms with Crippen molar-refractivity contribution in [2.45, 2.75) is 32.2 Å². The van der Waals surface area contributed by atoms with E-state index < -0.39 is 21.7 Å². The molecule has 2 aromatic rings. The first-order valence-corrected chi connectivity index (χ1v) is 13.2. The molecule has 8 nitrogen and oxygen atoms in total. The van der Waals surface area contributed by atoms with E-state index in [-0.39, 0.29) is 30.1 Å². The van der Waals surface area contributed by atoms with E-state index >= 15 is 0 Å². The van der Waals surface area contributed by atoms with E-state index in [0.717, 1.165) is 12.5 Å². The summed E-state index contributed by atoms with van der Waals surface area (Å²) in [4.78, 5) is 28.0. The van der Waals surface area contributed by atoms with Crippen LogP contribution < -0.4 is 9.46 Å². The summed E-state index contributed by atoms with van der Waals surface area (Å²) in [5.74, 6) is -1.36. The summed E-state index contributed by atoms with van der Waals surface area (Å²) < 4.78 is 45.7. The Bertz CT molecular complexity index is 1140. The van der Waals surface area contributed by atoms with Crippen molar-refractivity contribution in [1.82, 2.24) is 14.5 Å². The van der Waals surface area contributed by atoms with E-state index in [2.05, 4.69) is 20.8 Å². The van der Waals surface area contributed by atoms with E-state index in [9.17, 15) is 22.4 Å². The van der Waals surface area contributed by atoms with Gasteiger partial charge in [-0.1, -0.05) is 28.1 Å². The third kappa shape index (κ3) is 7.51. The number of hydrogen-bond acceptors (Lipinski definition) is 6. The van der Waals surface area contributed by atoms with Gasteiger partial charge in [-0.3, -0.25) is 19.2 Å². The monoisotopic (exact) mass is 555 g/mol. The standard InChI is InChI=1S/C23H27BrFN3O5S/c1-16-12-27(13-18-3-6-21(25)7-4-18)9-10-28(16)23(30)14-33-22-8-5-20(24)11-19(22)15-34(31,32)26-17(2)29/h3-8,11,16H,9-10,12-15H2,1-2H3,(H,26,29)/t16-/m1/s1. The number of piperazine rings is 1. The van der Waals surface area contributed by atoms with E-state index in [0.29, 0.717) is 36.2 Å². The lowest BCUT2D eigenvalue weighted by Gasteiger charge is -2.39. The van der Waals surface area contributed by atoms with Crippen LogP contribution in [0.1, 0.15) is 25.0 Å². The molecule has 0 bridgehead atoms. The molecule has 0 radical (unpaired) electrons. The highest BCUT2D eigenvalue weighted by atomic mass is 79.9. The van der Waals surface area contributed by atoms with Gasteiger partial charge in [-0.2, -0.15) is 0 Å². The molecule has 1 heterocycles. The number of benzene rings is 2. The molecule has 1 aliphatic heterocycles. The highest BCUT2D eigenvalue weighted by Crippen LogP contribution is 2.25. The van der Waals surface area contributed by atoms with E-state index in [1.165, 1.54) is 12.1 Å². The average molecular weight is 556 g/mol. The van der Waals surface area contributed by atoms with Gasteiger partial charge >= 0.3 is 0 Å². The van der Waals surface area contributed by atoms with Crippen molar-refractivity contribution in [2.24, 2.45) is 0 Å². The van der Waals surface area contributed by atoms with Gasteiger partial charge in [-0.15, -0.1) is 0 Å². The van der Waals surface area contributed by atoms with Crippen LogP contribution in [0.5, 0.6) is 5.75 Å². The van der Waals surface area contributed by atoms with Gasteiger partial charge in [0.1, 0.15) is 11.6 Å². The fourth-order valence-corrected chi connectivity index (χ4v) is 5.43. The lowest BCUT2D eigenvalue weighted by atomic mass is 10.1. The minimum atomic E-state index is -3.90. The molecular formula is C23H27BrFN3O5S. The first-order chi connectivity index (χ1) is 16.0. The molecule has 0 saturated carbocycles. The molecule has 0 unspecified atom stereocenters. The SMILES string of the molecule is CC(=O)NS(=O)(=O)Cc1cc(Br)ccc1OCC(=O)N1CCN(Cc2ccc(F)cc2)C[C@H]1C. The van der Waals surface area contributed by atoms with Gasteiger partial charge in [0, 0.05) is 49.2 Å². The van der Waals surface area contributed by atoms with Crippen molar-refractivity contribution >= 4 is 37.8 Å². The van der Waals surface area contributed by atoms with Crippen molar-refractivity contribution in [3.05, 3.63) is 63.9 Å². The van der Waals surface area contributed by atoms with Crippen molar-refractivity contribution in [2.75, 3.05) is 26.2 Å². The van der Waals surface area contributed by atoms with E-state index in [4.69, 9.17) is 4.74 Å². The van der Waals surface area contributed by atoms with Crippen molar-refractivity contribution in [3.63, 3.8) is 0 Å². The largest absolute Gasteiger partial charge is 0.483 e. The van der Waals surface area contributed by atoms with Crippen molar-refractivity contribution < 1.29 is 27.1 Å². The lowest BCUT2D eigenvalue weighted by molar-refractivity contribution is -0.138. The number of nitrogens with zero attached hydrogens (tertiary/aromatic N) is 2. The van der Waals surface area contributed by atoms with Crippen LogP contribution in [0, 0.1) is 5.82 Å². The molecule has 1 atom stereocenters. The molecule has 1 fully saturated rings. The lowest BCUT2D eigenvalue weighted by Crippen LogP contribution is -2.54. The Morgan fingerprint density at radius 2 is 1.88 bits per heavy atom. The molecule has 0 spiro atoms. The molecule has 2 amide bonds. The summed E-state index contributed by atoms with van der Waals surface area (Å²) >= 11 is 3.30. The maximum Gasteiger partial charge on any atom is 0.260 e. The van der Waals surface area contributed by atoms with Crippen LogP contribution in [-0.2, 0) is 31.9 Å². The highest BCUT2D eigenvalue weighted by molar-refractivity contribution is 9.10. The molecular weight excluding hydrogens is 529 g/mol. The summed E-state index contributed by atoms with van der Waals surface area (Å²) in [6.07, 6.45) is 0. The van der Waals surface area contributed by atoms with Gasteiger partial charge in [0.25, 0.3) is 5.91 Å². The molecule has 2 aromatic carbocycles. The van der Waals surface area contributed by atoms with Crippen LogP contribution in [0.25, 0.3) is 0 Å². The van der Waals surface area contributed by atoms with Crippen LogP contribution in [0.4, 0.5) is 4.39 Å². The Morgan fingerprint density at radius 1 is 1.18 bits per heavy atom. The van der Waals surface area contributed by atoms with Gasteiger partial charge in [0.2, 0.25) is 15.9 Å². The van der Waals surface area contributed by atoms with Gasteiger partial charge in [-0.25, -0.2) is 12.8 Å². The Hall–Kier alpha value is -2.50. The van der Waals surface area contributed by atoms with Gasteiger partial charge < -0.3 is 9.64 Å². The van der Waals surface area contributed by atoms with Crippen molar-refractivity contribution in [1.29, 1.82) is 0 Å². The minimum absolute atomic E-state index is 0.0465. The number of hydrogen-bond donors (Lipinski definition) is 1. The molecule has 184 valence electrons. The maximum atomic E-state index is 13.1. The zero-order valence-electron chi connectivity index (χ0n) is 19.0. The molecule has 1 saturated heterocycles. The fourth-order valence-electron chi connectivity index (χ4n) is 3.88. The van der Waals surface area contributed by atoms with Crippen LogP contribution >= 0.6 is 15.9 Å². The van der Waals surface area contributed by atoms with E-state index in [1.54, 1.807) is 35.2 Å². The third-order valence-corrected chi connectivity index (χ3v) is 7.15. The Labute approximate surface area is 207 Å². The quantitative estimate of drug-likeness (QED) is 0.538. The molecule has 0 aromatic heterocycles. The smallest absolute Gasteiger partial charge is 0.260 e. The summed E-state index contributed by atoms with van der Waals surface area (Å²) in [5, 5.41) is 0. The summed E-state index contributed by atoms with van der Waals surface area (Å²) in [7, 11) is -3.90. The molecule has 0 aliphatic carbocycles. The average Bonchev–Trinajstić information content (AvgIpc) is 2.73. The number of carbonyl (C=O) groups excluding carboxylic acids is 2. The number of sulfonamides is 1. The second-order valence-corrected chi connectivity index (χ2v) is 10.9. The second-order valence-electron chi connectivity index (χ2n) is 8.26. The minimum Gasteiger partial charge on any atom is -0.483 e. The van der Waals surface area contributed by atoms with Crippen LogP contribution in [0.3, 0.4) is 0 Å². The van der Waals surface area contributed by atoms with E-state index in [1.807, 2.05) is 11.6 Å². The Balaban J connectivity index is 1.58. The molecule has 11 heteroatoms. The topological polar surface area (TPSA) is 96.0 Å².